The van der Waals surface area contributed by atoms with Gasteiger partial charge in [-0.05, 0) is 24.5 Å². The van der Waals surface area contributed by atoms with Crippen molar-refractivity contribution in [1.82, 2.24) is 0 Å². The first kappa shape index (κ1) is 8.71. The van der Waals surface area contributed by atoms with Crippen LogP contribution in [0, 0.1) is 0 Å². The van der Waals surface area contributed by atoms with E-state index < -0.39 is 0 Å². The van der Waals surface area contributed by atoms with Crippen LogP contribution in [0.1, 0.15) is 13.4 Å². The molecule has 0 amide bonds. The van der Waals surface area contributed by atoms with Gasteiger partial charge in [-0.25, -0.2) is 0 Å². The fraction of sp³-hybridized carbons (Fsp3) is 0.333. The van der Waals surface area contributed by atoms with Crippen molar-refractivity contribution < 1.29 is 25.0 Å². The first-order valence-corrected chi connectivity index (χ1v) is 3.67. The zero-order valence-corrected chi connectivity index (χ0v) is 6.84. The van der Waals surface area contributed by atoms with Gasteiger partial charge >= 0.3 is 18.9 Å². The predicted molar refractivity (Wildman–Crippen MR) is 41.4 cm³/mol. The van der Waals surface area contributed by atoms with E-state index in [0.717, 1.165) is 18.8 Å². The molecule has 0 saturated heterocycles. The SMILES string of the molecule is [H-].[Li+].c1ccc2c(c1)CCCO2. The zero-order valence-electron chi connectivity index (χ0n) is 7.84. The molecule has 0 aromatic heterocycles. The molecule has 0 bridgehead atoms. The Bertz CT molecular complexity index is 215. The number of hydrogen-bond acceptors (Lipinski definition) is 1. The van der Waals surface area contributed by atoms with Gasteiger partial charge in [0.05, 0.1) is 6.61 Å². The summed E-state index contributed by atoms with van der Waals surface area (Å²) in [6.45, 7) is 0.886. The molecule has 2 heteroatoms. The van der Waals surface area contributed by atoms with Crippen molar-refractivity contribution in [1.29, 1.82) is 0 Å². The predicted octanol–water partition coefficient (Wildman–Crippen LogP) is -0.872. The second kappa shape index (κ2) is 3.85. The van der Waals surface area contributed by atoms with Gasteiger partial charge in [-0.1, -0.05) is 18.2 Å². The van der Waals surface area contributed by atoms with Gasteiger partial charge in [0.25, 0.3) is 0 Å². The largest absolute Gasteiger partial charge is 1.00 e. The van der Waals surface area contributed by atoms with Crippen molar-refractivity contribution in [2.75, 3.05) is 6.61 Å². The molecule has 0 N–H and O–H groups in total. The Morgan fingerprint density at radius 1 is 1.27 bits per heavy atom. The van der Waals surface area contributed by atoms with Crippen molar-refractivity contribution >= 4 is 0 Å². The normalized spacial score (nSPS) is 14.2. The molecule has 2 rings (SSSR count). The summed E-state index contributed by atoms with van der Waals surface area (Å²) in [6, 6.07) is 8.25. The van der Waals surface area contributed by atoms with Gasteiger partial charge in [0.1, 0.15) is 5.75 Å². The fourth-order valence-corrected chi connectivity index (χ4v) is 1.30. The van der Waals surface area contributed by atoms with Crippen LogP contribution in [0.25, 0.3) is 0 Å². The molecule has 0 fully saturated rings. The Kier molecular flexibility index (Phi) is 3.05. The topological polar surface area (TPSA) is 9.23 Å². The van der Waals surface area contributed by atoms with Crippen LogP contribution in [-0.4, -0.2) is 6.61 Å². The van der Waals surface area contributed by atoms with Gasteiger partial charge in [0.15, 0.2) is 0 Å². The average molecular weight is 142 g/mol. The Balaban J connectivity index is 0.000000605. The van der Waals surface area contributed by atoms with Crippen LogP contribution in [0.3, 0.4) is 0 Å². The first-order chi connectivity index (χ1) is 4.97. The summed E-state index contributed by atoms with van der Waals surface area (Å²) in [5.41, 5.74) is 1.36. The van der Waals surface area contributed by atoms with E-state index in [2.05, 4.69) is 12.1 Å². The van der Waals surface area contributed by atoms with E-state index in [0.29, 0.717) is 0 Å². The third kappa shape index (κ3) is 1.80. The van der Waals surface area contributed by atoms with E-state index in [1.807, 2.05) is 12.1 Å². The maximum atomic E-state index is 5.42. The van der Waals surface area contributed by atoms with E-state index in [-0.39, 0.29) is 20.3 Å². The first-order valence-electron chi connectivity index (χ1n) is 3.67. The minimum Gasteiger partial charge on any atom is -1.00 e. The molecule has 1 aromatic rings. The molecule has 0 unspecified atom stereocenters. The maximum absolute atomic E-state index is 5.42. The quantitative estimate of drug-likeness (QED) is 0.428. The minimum atomic E-state index is 0. The van der Waals surface area contributed by atoms with Crippen LogP contribution in [0.5, 0.6) is 5.75 Å². The number of fused-ring (bicyclic) bond motifs is 1. The molecule has 54 valence electrons. The standard InChI is InChI=1S/C9H10O.Li.H/c1-2-6-9-8(4-1)5-3-7-10-9;;/h1-2,4,6H,3,5,7H2;;/q;+1;-1. The molecule has 11 heavy (non-hydrogen) atoms. The van der Waals surface area contributed by atoms with Crippen LogP contribution < -0.4 is 23.6 Å². The molecule has 1 heterocycles. The van der Waals surface area contributed by atoms with Crippen molar-refractivity contribution in [3.8, 4) is 5.75 Å². The van der Waals surface area contributed by atoms with Gasteiger partial charge in [-0.3, -0.25) is 0 Å². The van der Waals surface area contributed by atoms with Crippen molar-refractivity contribution in [3.05, 3.63) is 29.8 Å². The zero-order chi connectivity index (χ0) is 6.81. The summed E-state index contributed by atoms with van der Waals surface area (Å²) < 4.78 is 5.42. The van der Waals surface area contributed by atoms with Crippen LogP contribution in [0.2, 0.25) is 0 Å². The van der Waals surface area contributed by atoms with E-state index in [1.54, 1.807) is 0 Å². The second-order valence-electron chi connectivity index (χ2n) is 2.56. The van der Waals surface area contributed by atoms with Crippen LogP contribution in [-0.2, 0) is 6.42 Å². The van der Waals surface area contributed by atoms with Crippen LogP contribution in [0.15, 0.2) is 24.3 Å². The number of benzene rings is 1. The third-order valence-electron chi connectivity index (χ3n) is 1.82. The maximum Gasteiger partial charge on any atom is 1.00 e. The molecule has 1 aliphatic heterocycles. The molecule has 0 aliphatic carbocycles. The molecule has 1 aliphatic rings. The van der Waals surface area contributed by atoms with Crippen LogP contribution in [0.4, 0.5) is 0 Å². The smallest absolute Gasteiger partial charge is 1.00 e. The number of hydrogen-bond donors (Lipinski definition) is 0. The number of para-hydroxylation sites is 1. The number of aryl methyl sites for hydroxylation is 1. The van der Waals surface area contributed by atoms with Gasteiger partial charge in [0.2, 0.25) is 0 Å². The third-order valence-corrected chi connectivity index (χ3v) is 1.82. The summed E-state index contributed by atoms with van der Waals surface area (Å²) in [5.74, 6) is 1.08. The molecular weight excluding hydrogens is 131 g/mol. The Morgan fingerprint density at radius 3 is 2.91 bits per heavy atom. The summed E-state index contributed by atoms with van der Waals surface area (Å²) in [4.78, 5) is 0. The van der Waals surface area contributed by atoms with Crippen molar-refractivity contribution in [2.24, 2.45) is 0 Å². The van der Waals surface area contributed by atoms with Crippen molar-refractivity contribution in [3.63, 3.8) is 0 Å². The van der Waals surface area contributed by atoms with Gasteiger partial charge in [-0.2, -0.15) is 0 Å². The van der Waals surface area contributed by atoms with Crippen LogP contribution >= 0.6 is 0 Å². The molecule has 0 spiro atoms. The Hall–Kier alpha value is -0.383. The summed E-state index contributed by atoms with van der Waals surface area (Å²) >= 11 is 0. The molecule has 0 atom stereocenters. The summed E-state index contributed by atoms with van der Waals surface area (Å²) in [7, 11) is 0. The van der Waals surface area contributed by atoms with E-state index >= 15 is 0 Å². The summed E-state index contributed by atoms with van der Waals surface area (Å²) in [5, 5.41) is 0. The Morgan fingerprint density at radius 2 is 2.09 bits per heavy atom. The Labute approximate surface area is 80.4 Å². The van der Waals surface area contributed by atoms with Gasteiger partial charge in [0, 0.05) is 0 Å². The minimum absolute atomic E-state index is 0. The molecule has 0 saturated carbocycles. The molecule has 1 aromatic carbocycles. The van der Waals surface area contributed by atoms with E-state index in [9.17, 15) is 0 Å². The van der Waals surface area contributed by atoms with Gasteiger partial charge < -0.3 is 6.16 Å². The van der Waals surface area contributed by atoms with Crippen molar-refractivity contribution in [2.45, 2.75) is 12.8 Å². The monoisotopic (exact) mass is 142 g/mol. The van der Waals surface area contributed by atoms with Gasteiger partial charge in [-0.15, -0.1) is 0 Å². The second-order valence-corrected chi connectivity index (χ2v) is 2.56. The molecule has 1 nitrogen and oxygen atoms in total. The molecular formula is C9H11LiO. The average Bonchev–Trinajstić information content (AvgIpc) is 2.05. The number of ether oxygens (including phenoxy) is 1. The number of rotatable bonds is 0. The summed E-state index contributed by atoms with van der Waals surface area (Å²) in [6.07, 6.45) is 2.34. The van der Waals surface area contributed by atoms with E-state index in [4.69, 9.17) is 4.74 Å². The van der Waals surface area contributed by atoms with E-state index in [1.165, 1.54) is 12.0 Å². The molecule has 0 radical (unpaired) electrons. The fourth-order valence-electron chi connectivity index (χ4n) is 1.30.